The van der Waals surface area contributed by atoms with Crippen molar-refractivity contribution in [1.82, 2.24) is 0 Å². The lowest BCUT2D eigenvalue weighted by Crippen LogP contribution is -2.38. The third-order valence-corrected chi connectivity index (χ3v) is 9.38. The first-order valence-corrected chi connectivity index (χ1v) is 12.1. The number of hydrogen-bond acceptors (Lipinski definition) is 0. The summed E-state index contributed by atoms with van der Waals surface area (Å²) >= 11 is 0. The van der Waals surface area contributed by atoms with Crippen molar-refractivity contribution in [2.45, 2.75) is 81.3 Å². The van der Waals surface area contributed by atoms with Crippen LogP contribution >= 0.6 is 0 Å². The summed E-state index contributed by atoms with van der Waals surface area (Å²) in [7, 11) is -1.69. The SMILES string of the molecule is CC1=C([Si](C)(C)C2=C(C)CC=C2C(C)(C)C)C(C(C)(C)C)=CC1. The predicted octanol–water partition coefficient (Wildman–Crippen LogP) is 7.16. The summed E-state index contributed by atoms with van der Waals surface area (Å²) in [6, 6.07) is 0. The highest BCUT2D eigenvalue weighted by Gasteiger charge is 2.43. The normalized spacial score (nSPS) is 20.4. The number of rotatable bonds is 2. The molecular formula is C22H36Si. The first-order valence-electron chi connectivity index (χ1n) is 9.10. The monoisotopic (exact) mass is 328 g/mol. The lowest BCUT2D eigenvalue weighted by atomic mass is 9.86. The first-order chi connectivity index (χ1) is 10.3. The number of hydrogen-bond donors (Lipinski definition) is 0. The Morgan fingerprint density at radius 3 is 1.26 bits per heavy atom. The summed E-state index contributed by atoms with van der Waals surface area (Å²) in [6.07, 6.45) is 7.31. The Balaban J connectivity index is 2.59. The van der Waals surface area contributed by atoms with Crippen LogP contribution in [0.4, 0.5) is 0 Å². The molecule has 0 saturated carbocycles. The molecular weight excluding hydrogens is 292 g/mol. The van der Waals surface area contributed by atoms with E-state index in [-0.39, 0.29) is 10.8 Å². The molecule has 128 valence electrons. The van der Waals surface area contributed by atoms with Crippen LogP contribution in [0.2, 0.25) is 13.1 Å². The molecule has 23 heavy (non-hydrogen) atoms. The first kappa shape index (κ1) is 18.5. The fourth-order valence-corrected chi connectivity index (χ4v) is 9.49. The largest absolute Gasteiger partial charge is 0.112 e. The van der Waals surface area contributed by atoms with Crippen molar-refractivity contribution in [1.29, 1.82) is 0 Å². The van der Waals surface area contributed by atoms with Crippen molar-refractivity contribution in [2.24, 2.45) is 10.8 Å². The fourth-order valence-electron chi connectivity index (χ4n) is 4.61. The Labute approximate surface area is 145 Å². The molecule has 0 bridgehead atoms. The highest BCUT2D eigenvalue weighted by molar-refractivity contribution is 6.92. The molecule has 0 fully saturated rings. The van der Waals surface area contributed by atoms with Crippen LogP contribution in [0.15, 0.2) is 44.8 Å². The van der Waals surface area contributed by atoms with Gasteiger partial charge in [-0.15, -0.1) is 0 Å². The summed E-state index contributed by atoms with van der Waals surface area (Å²) in [5.41, 5.74) is 6.96. The molecule has 2 aliphatic rings. The molecule has 2 aliphatic carbocycles. The molecule has 1 heteroatoms. The maximum Gasteiger partial charge on any atom is 0.112 e. The minimum absolute atomic E-state index is 0.246. The van der Waals surface area contributed by atoms with Gasteiger partial charge in [0.05, 0.1) is 0 Å². The second-order valence-electron chi connectivity index (χ2n) is 10.1. The quantitative estimate of drug-likeness (QED) is 0.472. The van der Waals surface area contributed by atoms with Crippen LogP contribution in [0.3, 0.4) is 0 Å². The summed E-state index contributed by atoms with van der Waals surface area (Å²) in [5.74, 6) is 0. The molecule has 0 nitrogen and oxygen atoms in total. The van der Waals surface area contributed by atoms with Crippen LogP contribution in [-0.2, 0) is 0 Å². The van der Waals surface area contributed by atoms with Crippen molar-refractivity contribution in [3.8, 4) is 0 Å². The van der Waals surface area contributed by atoms with Gasteiger partial charge in [-0.3, -0.25) is 0 Å². The van der Waals surface area contributed by atoms with Gasteiger partial charge in [-0.25, -0.2) is 0 Å². The van der Waals surface area contributed by atoms with Crippen molar-refractivity contribution >= 4 is 8.07 Å². The molecule has 0 aromatic rings. The molecule has 0 atom stereocenters. The summed E-state index contributed by atoms with van der Waals surface area (Å²) in [5, 5.41) is 3.47. The highest BCUT2D eigenvalue weighted by atomic mass is 28.3. The van der Waals surface area contributed by atoms with E-state index in [9.17, 15) is 0 Å². The molecule has 0 aromatic carbocycles. The van der Waals surface area contributed by atoms with E-state index in [0.29, 0.717) is 0 Å². The fraction of sp³-hybridized carbons (Fsp3) is 0.636. The third-order valence-electron chi connectivity index (χ3n) is 5.48. The Hall–Kier alpha value is -0.823. The second-order valence-corrected chi connectivity index (χ2v) is 14.3. The zero-order chi connectivity index (χ0) is 17.8. The van der Waals surface area contributed by atoms with Crippen molar-refractivity contribution < 1.29 is 0 Å². The Kier molecular flexibility index (Phi) is 4.52. The van der Waals surface area contributed by atoms with Crippen LogP contribution in [0, 0.1) is 10.8 Å². The van der Waals surface area contributed by atoms with E-state index in [1.54, 1.807) is 32.7 Å². The van der Waals surface area contributed by atoms with E-state index in [0.717, 1.165) is 12.8 Å². The minimum Gasteiger partial charge on any atom is -0.0768 e. The minimum atomic E-state index is -1.69. The van der Waals surface area contributed by atoms with Crippen LogP contribution in [-0.4, -0.2) is 8.07 Å². The standard InChI is InChI=1S/C22H36Si/c1-15-11-13-17(21(3,4)5)19(15)23(9,10)20-16(2)12-14-18(20)22(6,7)8/h13-14H,11-12H2,1-10H3. The maximum absolute atomic E-state index is 2.58. The summed E-state index contributed by atoms with van der Waals surface area (Å²) in [6.45, 7) is 24.1. The molecule has 0 unspecified atom stereocenters. The molecule has 0 aliphatic heterocycles. The molecule has 0 spiro atoms. The van der Waals surface area contributed by atoms with Crippen LogP contribution < -0.4 is 0 Å². The van der Waals surface area contributed by atoms with Crippen molar-refractivity contribution in [3.63, 3.8) is 0 Å². The van der Waals surface area contributed by atoms with Gasteiger partial charge in [-0.1, -0.05) is 88.3 Å². The van der Waals surface area contributed by atoms with Crippen LogP contribution in [0.25, 0.3) is 0 Å². The van der Waals surface area contributed by atoms with Gasteiger partial charge in [0.2, 0.25) is 0 Å². The lowest BCUT2D eigenvalue weighted by molar-refractivity contribution is 0.512. The average Bonchev–Trinajstić information content (AvgIpc) is 2.91. The number of allylic oxidation sites excluding steroid dienone is 8. The van der Waals surface area contributed by atoms with Crippen LogP contribution in [0.5, 0.6) is 0 Å². The van der Waals surface area contributed by atoms with E-state index >= 15 is 0 Å². The Bertz CT molecular complexity index is 578. The van der Waals surface area contributed by atoms with Gasteiger partial charge >= 0.3 is 0 Å². The van der Waals surface area contributed by atoms with Gasteiger partial charge in [0, 0.05) is 0 Å². The Morgan fingerprint density at radius 2 is 1.00 bits per heavy atom. The van der Waals surface area contributed by atoms with E-state index in [4.69, 9.17) is 0 Å². The molecule has 0 saturated heterocycles. The molecule has 0 aromatic heterocycles. The van der Waals surface area contributed by atoms with Gasteiger partial charge < -0.3 is 0 Å². The summed E-state index contributed by atoms with van der Waals surface area (Å²) in [4.78, 5) is 0. The van der Waals surface area contributed by atoms with Gasteiger partial charge in [-0.2, -0.15) is 0 Å². The lowest BCUT2D eigenvalue weighted by Gasteiger charge is -2.38. The Morgan fingerprint density at radius 1 is 0.696 bits per heavy atom. The van der Waals surface area contributed by atoms with E-state index < -0.39 is 8.07 Å². The van der Waals surface area contributed by atoms with E-state index in [1.807, 2.05) is 0 Å². The van der Waals surface area contributed by atoms with Gasteiger partial charge in [0.15, 0.2) is 0 Å². The molecule has 0 radical (unpaired) electrons. The van der Waals surface area contributed by atoms with Gasteiger partial charge in [-0.05, 0) is 48.7 Å². The molecule has 0 amide bonds. The maximum atomic E-state index is 2.58. The topological polar surface area (TPSA) is 0 Å². The van der Waals surface area contributed by atoms with Crippen LogP contribution in [0.1, 0.15) is 68.2 Å². The molecule has 2 rings (SSSR count). The molecule has 0 heterocycles. The van der Waals surface area contributed by atoms with Crippen molar-refractivity contribution in [3.05, 3.63) is 44.8 Å². The smallest absolute Gasteiger partial charge is 0.0768 e. The second kappa shape index (κ2) is 5.62. The van der Waals surface area contributed by atoms with Gasteiger partial charge in [0.1, 0.15) is 8.07 Å². The van der Waals surface area contributed by atoms with Gasteiger partial charge in [0.25, 0.3) is 0 Å². The van der Waals surface area contributed by atoms with E-state index in [1.165, 1.54) is 0 Å². The zero-order valence-electron chi connectivity index (χ0n) is 17.1. The average molecular weight is 329 g/mol. The zero-order valence-corrected chi connectivity index (χ0v) is 18.1. The third kappa shape index (κ3) is 3.22. The van der Waals surface area contributed by atoms with E-state index in [2.05, 4.69) is 80.6 Å². The summed E-state index contributed by atoms with van der Waals surface area (Å²) < 4.78 is 0. The molecule has 0 N–H and O–H groups in total. The predicted molar refractivity (Wildman–Crippen MR) is 107 cm³/mol. The highest BCUT2D eigenvalue weighted by Crippen LogP contribution is 2.50. The van der Waals surface area contributed by atoms with Crippen molar-refractivity contribution in [2.75, 3.05) is 0 Å².